The Morgan fingerprint density at radius 1 is 1.53 bits per heavy atom. The molecule has 0 heterocycles. The van der Waals surface area contributed by atoms with Crippen molar-refractivity contribution in [1.82, 2.24) is 10.7 Å². The summed E-state index contributed by atoms with van der Waals surface area (Å²) in [7, 11) is 0. The molecular formula is C10H22N4S. The van der Waals surface area contributed by atoms with E-state index < -0.39 is 0 Å². The maximum atomic E-state index is 5.45. The van der Waals surface area contributed by atoms with Crippen molar-refractivity contribution in [2.75, 3.05) is 12.0 Å². The molecule has 0 radical (unpaired) electrons. The van der Waals surface area contributed by atoms with Crippen LogP contribution < -0.4 is 16.6 Å². The highest BCUT2D eigenvalue weighted by molar-refractivity contribution is 7.98. The molecule has 1 saturated carbocycles. The highest BCUT2D eigenvalue weighted by atomic mass is 32.2. The summed E-state index contributed by atoms with van der Waals surface area (Å²) in [6.45, 7) is 2.14. The predicted octanol–water partition coefficient (Wildman–Crippen LogP) is 1.09. The average Bonchev–Trinajstić information content (AvgIpc) is 2.70. The Labute approximate surface area is 96.4 Å². The van der Waals surface area contributed by atoms with Crippen LogP contribution >= 0.6 is 11.8 Å². The second-order valence-corrected chi connectivity index (χ2v) is 4.97. The van der Waals surface area contributed by atoms with Gasteiger partial charge in [-0.25, -0.2) is 10.8 Å². The summed E-state index contributed by atoms with van der Waals surface area (Å²) in [4.78, 5) is 4.58. The molecule has 0 amide bonds. The molecule has 0 aromatic carbocycles. The number of hydrogen-bond acceptors (Lipinski definition) is 3. The lowest BCUT2D eigenvalue weighted by Crippen LogP contribution is -2.46. The quantitative estimate of drug-likeness (QED) is 0.293. The highest BCUT2D eigenvalue weighted by Gasteiger charge is 2.15. The fourth-order valence-electron chi connectivity index (χ4n) is 1.86. The van der Waals surface area contributed by atoms with Crippen molar-refractivity contribution in [2.45, 2.75) is 44.7 Å². The van der Waals surface area contributed by atoms with E-state index in [1.54, 1.807) is 0 Å². The summed E-state index contributed by atoms with van der Waals surface area (Å²) in [6, 6.07) is 0.862. The van der Waals surface area contributed by atoms with E-state index in [1.807, 2.05) is 11.8 Å². The third-order valence-corrected chi connectivity index (χ3v) is 3.41. The van der Waals surface area contributed by atoms with Crippen LogP contribution in [0.2, 0.25) is 0 Å². The molecule has 1 rings (SSSR count). The molecular weight excluding hydrogens is 208 g/mol. The van der Waals surface area contributed by atoms with Crippen LogP contribution in [0.1, 0.15) is 32.6 Å². The number of nitrogens with two attached hydrogens (primary N) is 1. The van der Waals surface area contributed by atoms with E-state index in [2.05, 4.69) is 28.9 Å². The van der Waals surface area contributed by atoms with E-state index >= 15 is 0 Å². The van der Waals surface area contributed by atoms with Crippen molar-refractivity contribution in [3.05, 3.63) is 0 Å². The third-order valence-electron chi connectivity index (χ3n) is 2.57. The molecule has 1 atom stereocenters. The van der Waals surface area contributed by atoms with Gasteiger partial charge in [0, 0.05) is 11.8 Å². The molecule has 4 nitrogen and oxygen atoms in total. The van der Waals surface area contributed by atoms with Crippen molar-refractivity contribution >= 4 is 17.7 Å². The molecule has 0 aliphatic heterocycles. The first kappa shape index (κ1) is 12.6. The molecule has 1 aliphatic rings. The molecule has 0 saturated heterocycles. The van der Waals surface area contributed by atoms with Gasteiger partial charge in [0.15, 0.2) is 0 Å². The van der Waals surface area contributed by atoms with Gasteiger partial charge in [0.25, 0.3) is 0 Å². The molecule has 0 aromatic heterocycles. The lowest BCUT2D eigenvalue weighted by atomic mass is 10.3. The summed E-state index contributed by atoms with van der Waals surface area (Å²) in [5.41, 5.74) is 2.65. The van der Waals surface area contributed by atoms with E-state index in [4.69, 9.17) is 5.84 Å². The number of guanidine groups is 1. The Hall–Kier alpha value is -0.420. The van der Waals surface area contributed by atoms with Crippen LogP contribution in [-0.2, 0) is 0 Å². The Morgan fingerprint density at radius 2 is 2.20 bits per heavy atom. The lowest BCUT2D eigenvalue weighted by Gasteiger charge is -2.16. The van der Waals surface area contributed by atoms with Crippen LogP contribution in [0, 0.1) is 0 Å². The van der Waals surface area contributed by atoms with Crippen LogP contribution in [0.4, 0.5) is 0 Å². The first-order valence-corrected chi connectivity index (χ1v) is 6.95. The topological polar surface area (TPSA) is 62.4 Å². The Kier molecular flexibility index (Phi) is 5.86. The molecule has 15 heavy (non-hydrogen) atoms. The second-order valence-electron chi connectivity index (χ2n) is 4.06. The van der Waals surface area contributed by atoms with Gasteiger partial charge < -0.3 is 5.32 Å². The van der Waals surface area contributed by atoms with Gasteiger partial charge in [-0.3, -0.25) is 5.43 Å². The fraction of sp³-hybridized carbons (Fsp3) is 0.900. The van der Waals surface area contributed by atoms with Crippen molar-refractivity contribution in [1.29, 1.82) is 0 Å². The van der Waals surface area contributed by atoms with Gasteiger partial charge in [0.2, 0.25) is 5.96 Å². The molecule has 1 fully saturated rings. The summed E-state index contributed by atoms with van der Waals surface area (Å²) >= 11 is 1.82. The first-order valence-electron chi connectivity index (χ1n) is 5.56. The van der Waals surface area contributed by atoms with Gasteiger partial charge in [-0.2, -0.15) is 11.8 Å². The van der Waals surface area contributed by atoms with Crippen molar-refractivity contribution < 1.29 is 0 Å². The summed E-state index contributed by atoms with van der Waals surface area (Å²) < 4.78 is 0. The average molecular weight is 230 g/mol. The van der Waals surface area contributed by atoms with Crippen molar-refractivity contribution in [2.24, 2.45) is 10.8 Å². The van der Waals surface area contributed by atoms with Crippen molar-refractivity contribution in [3.8, 4) is 0 Å². The van der Waals surface area contributed by atoms with Crippen LogP contribution in [0.3, 0.4) is 0 Å². The van der Waals surface area contributed by atoms with Gasteiger partial charge in [-0.1, -0.05) is 12.8 Å². The highest BCUT2D eigenvalue weighted by Crippen LogP contribution is 2.20. The summed E-state index contributed by atoms with van der Waals surface area (Å²) in [6.07, 6.45) is 7.09. The van der Waals surface area contributed by atoms with Crippen LogP contribution in [0.15, 0.2) is 4.99 Å². The zero-order valence-electron chi connectivity index (χ0n) is 9.62. The zero-order valence-corrected chi connectivity index (χ0v) is 10.4. The normalized spacial score (nSPS) is 20.3. The zero-order chi connectivity index (χ0) is 11.1. The molecule has 1 unspecified atom stereocenters. The SMILES string of the molecule is CSCC(C)NC(=NC1CCCC1)NN. The van der Waals surface area contributed by atoms with Crippen LogP contribution in [0.5, 0.6) is 0 Å². The maximum Gasteiger partial charge on any atom is 0.206 e. The Morgan fingerprint density at radius 3 is 2.73 bits per heavy atom. The number of aliphatic imine (C=N–C) groups is 1. The van der Waals surface area contributed by atoms with Crippen LogP contribution in [-0.4, -0.2) is 30.1 Å². The van der Waals surface area contributed by atoms with Gasteiger partial charge in [-0.05, 0) is 26.0 Å². The number of rotatable bonds is 4. The fourth-order valence-corrected chi connectivity index (χ4v) is 2.44. The van der Waals surface area contributed by atoms with E-state index in [0.717, 1.165) is 11.7 Å². The van der Waals surface area contributed by atoms with Crippen molar-refractivity contribution in [3.63, 3.8) is 0 Å². The third kappa shape index (κ3) is 4.75. The first-order chi connectivity index (χ1) is 7.26. The number of nitrogens with one attached hydrogen (secondary N) is 2. The Bertz CT molecular complexity index is 202. The van der Waals surface area contributed by atoms with Gasteiger partial charge in [0.1, 0.15) is 0 Å². The molecule has 0 spiro atoms. The number of thioether (sulfide) groups is 1. The van der Waals surface area contributed by atoms with Gasteiger partial charge >= 0.3 is 0 Å². The smallest absolute Gasteiger partial charge is 0.206 e. The standard InChI is InChI=1S/C10H22N4S/c1-8(7-15-2)12-10(14-11)13-9-5-3-4-6-9/h8-9H,3-7,11H2,1-2H3,(H2,12,13,14). The van der Waals surface area contributed by atoms with Gasteiger partial charge in [0.05, 0.1) is 6.04 Å². The summed E-state index contributed by atoms with van der Waals surface area (Å²) in [5.74, 6) is 7.25. The van der Waals surface area contributed by atoms with E-state index in [9.17, 15) is 0 Å². The molecule has 1 aliphatic carbocycles. The Balaban J connectivity index is 2.39. The molecule has 0 aromatic rings. The number of hydrogen-bond donors (Lipinski definition) is 3. The lowest BCUT2D eigenvalue weighted by molar-refractivity contribution is 0.664. The molecule has 88 valence electrons. The second kappa shape index (κ2) is 6.95. The van der Waals surface area contributed by atoms with E-state index in [-0.39, 0.29) is 0 Å². The van der Waals surface area contributed by atoms with E-state index in [0.29, 0.717) is 12.1 Å². The summed E-state index contributed by atoms with van der Waals surface area (Å²) in [5, 5.41) is 3.29. The molecule has 0 bridgehead atoms. The largest absolute Gasteiger partial charge is 0.352 e. The number of nitrogens with zero attached hydrogens (tertiary/aromatic N) is 1. The minimum absolute atomic E-state index is 0.399. The van der Waals surface area contributed by atoms with Gasteiger partial charge in [-0.15, -0.1) is 0 Å². The predicted molar refractivity (Wildman–Crippen MR) is 68.0 cm³/mol. The van der Waals surface area contributed by atoms with Crippen LogP contribution in [0.25, 0.3) is 0 Å². The monoisotopic (exact) mass is 230 g/mol. The minimum atomic E-state index is 0.399. The number of hydrazine groups is 1. The molecule has 5 heteroatoms. The minimum Gasteiger partial charge on any atom is -0.352 e. The van der Waals surface area contributed by atoms with E-state index in [1.165, 1.54) is 25.7 Å². The maximum absolute atomic E-state index is 5.45. The molecule has 4 N–H and O–H groups in total.